The second kappa shape index (κ2) is 6.84. The van der Waals surface area contributed by atoms with E-state index in [0.717, 1.165) is 35.1 Å². The first-order valence-corrected chi connectivity index (χ1v) is 9.08. The zero-order valence-corrected chi connectivity index (χ0v) is 15.2. The number of rotatable bonds is 3. The van der Waals surface area contributed by atoms with Gasteiger partial charge in [0.05, 0.1) is 12.1 Å². The van der Waals surface area contributed by atoms with Gasteiger partial charge in [-0.15, -0.1) is 0 Å². The van der Waals surface area contributed by atoms with Crippen LogP contribution < -0.4 is 4.90 Å². The van der Waals surface area contributed by atoms with E-state index in [1.165, 1.54) is 5.56 Å². The lowest BCUT2D eigenvalue weighted by atomic mass is 10.0. The molecule has 0 radical (unpaired) electrons. The molecule has 0 saturated carbocycles. The van der Waals surface area contributed by atoms with E-state index in [0.29, 0.717) is 11.6 Å². The van der Waals surface area contributed by atoms with Crippen LogP contribution in [0, 0.1) is 0 Å². The Morgan fingerprint density at radius 2 is 2.04 bits per heavy atom. The average Bonchev–Trinajstić information content (AvgIpc) is 3.10. The first-order chi connectivity index (χ1) is 12.2. The molecule has 0 atom stereocenters. The summed E-state index contributed by atoms with van der Waals surface area (Å²) in [5.41, 5.74) is 3.78. The van der Waals surface area contributed by atoms with E-state index in [9.17, 15) is 4.79 Å². The zero-order valence-electron chi connectivity index (χ0n) is 13.6. The van der Waals surface area contributed by atoms with Gasteiger partial charge in [-0.2, -0.15) is 0 Å². The van der Waals surface area contributed by atoms with Crippen molar-refractivity contribution in [3.63, 3.8) is 0 Å². The van der Waals surface area contributed by atoms with Crippen molar-refractivity contribution in [2.24, 2.45) is 0 Å². The van der Waals surface area contributed by atoms with E-state index in [1.807, 2.05) is 47.4 Å². The molecule has 4 nitrogen and oxygen atoms in total. The molecule has 5 heteroatoms. The van der Waals surface area contributed by atoms with Crippen molar-refractivity contribution in [3.05, 3.63) is 70.5 Å². The number of oxazole rings is 1. The normalized spacial score (nSPS) is 13.6. The van der Waals surface area contributed by atoms with Crippen molar-refractivity contribution in [1.82, 2.24) is 4.98 Å². The molecule has 0 N–H and O–H groups in total. The largest absolute Gasteiger partial charge is 0.444 e. The lowest BCUT2D eigenvalue weighted by Gasteiger charge is -2.29. The summed E-state index contributed by atoms with van der Waals surface area (Å²) in [5.74, 6) is 0.600. The highest BCUT2D eigenvalue weighted by Crippen LogP contribution is 2.30. The number of halogens is 1. The molecule has 1 aliphatic heterocycles. The minimum absolute atomic E-state index is 0.0520. The van der Waals surface area contributed by atoms with Crippen molar-refractivity contribution in [2.75, 3.05) is 11.4 Å². The van der Waals surface area contributed by atoms with Crippen LogP contribution in [0.5, 0.6) is 0 Å². The van der Waals surface area contributed by atoms with Crippen LogP contribution in [0.2, 0.25) is 0 Å². The third-order valence-corrected chi connectivity index (χ3v) is 4.86. The Labute approximate surface area is 154 Å². The first kappa shape index (κ1) is 16.1. The molecule has 0 spiro atoms. The van der Waals surface area contributed by atoms with Gasteiger partial charge in [-0.05, 0) is 48.7 Å². The van der Waals surface area contributed by atoms with Gasteiger partial charge >= 0.3 is 0 Å². The first-order valence-electron chi connectivity index (χ1n) is 8.29. The number of anilines is 1. The van der Waals surface area contributed by atoms with Gasteiger partial charge in [0.25, 0.3) is 0 Å². The van der Waals surface area contributed by atoms with Crippen molar-refractivity contribution >= 4 is 27.5 Å². The Morgan fingerprint density at radius 3 is 2.88 bits per heavy atom. The Morgan fingerprint density at radius 1 is 1.20 bits per heavy atom. The quantitative estimate of drug-likeness (QED) is 0.648. The molecule has 2 heterocycles. The minimum Gasteiger partial charge on any atom is -0.444 e. The van der Waals surface area contributed by atoms with Gasteiger partial charge in [0.2, 0.25) is 11.8 Å². The molecule has 25 heavy (non-hydrogen) atoms. The van der Waals surface area contributed by atoms with Gasteiger partial charge < -0.3 is 9.32 Å². The van der Waals surface area contributed by atoms with Gasteiger partial charge in [-0.25, -0.2) is 4.98 Å². The number of hydrogen-bond acceptors (Lipinski definition) is 3. The van der Waals surface area contributed by atoms with E-state index in [2.05, 4.69) is 27.0 Å². The summed E-state index contributed by atoms with van der Waals surface area (Å²) in [6.07, 6.45) is 3.79. The van der Waals surface area contributed by atoms with E-state index in [-0.39, 0.29) is 12.3 Å². The van der Waals surface area contributed by atoms with Crippen LogP contribution >= 0.6 is 15.9 Å². The Bertz CT molecular complexity index is 905. The molecule has 0 saturated heterocycles. The fraction of sp³-hybridized carbons (Fsp3) is 0.200. The lowest BCUT2D eigenvalue weighted by molar-refractivity contribution is -0.118. The number of amides is 1. The van der Waals surface area contributed by atoms with Crippen molar-refractivity contribution in [3.8, 4) is 11.5 Å². The number of fused-ring (bicyclic) bond motifs is 1. The van der Waals surface area contributed by atoms with E-state index < -0.39 is 0 Å². The number of aromatic nitrogens is 1. The molecule has 0 unspecified atom stereocenters. The summed E-state index contributed by atoms with van der Waals surface area (Å²) in [6, 6.07) is 15.8. The number of hydrogen-bond donors (Lipinski definition) is 0. The number of aryl methyl sites for hydroxylation is 1. The highest BCUT2D eigenvalue weighted by molar-refractivity contribution is 9.10. The SMILES string of the molecule is O=C(Cc1coc(-c2ccccc2)n1)N1CCCc2cc(Br)ccc21. The molecule has 4 rings (SSSR count). The molecule has 1 aliphatic rings. The monoisotopic (exact) mass is 396 g/mol. The molecule has 0 bridgehead atoms. The lowest BCUT2D eigenvalue weighted by Crippen LogP contribution is -2.36. The van der Waals surface area contributed by atoms with Gasteiger partial charge in [0, 0.05) is 22.3 Å². The second-order valence-corrected chi connectivity index (χ2v) is 7.02. The summed E-state index contributed by atoms with van der Waals surface area (Å²) >= 11 is 3.50. The number of carbonyl (C=O) groups is 1. The molecule has 1 amide bonds. The van der Waals surface area contributed by atoms with Crippen LogP contribution in [0.25, 0.3) is 11.5 Å². The van der Waals surface area contributed by atoms with Gasteiger partial charge in [0.1, 0.15) is 6.26 Å². The molecule has 0 fully saturated rings. The van der Waals surface area contributed by atoms with Crippen molar-refractivity contribution < 1.29 is 9.21 Å². The van der Waals surface area contributed by atoms with Gasteiger partial charge in [-0.3, -0.25) is 4.79 Å². The molecular weight excluding hydrogens is 380 g/mol. The molecule has 1 aromatic heterocycles. The van der Waals surface area contributed by atoms with Crippen LogP contribution in [-0.4, -0.2) is 17.4 Å². The summed E-state index contributed by atoms with van der Waals surface area (Å²) in [6.45, 7) is 0.747. The topological polar surface area (TPSA) is 46.3 Å². The number of carbonyl (C=O) groups excluding carboxylic acids is 1. The highest BCUT2D eigenvalue weighted by Gasteiger charge is 2.23. The third-order valence-electron chi connectivity index (χ3n) is 4.37. The van der Waals surface area contributed by atoms with E-state index >= 15 is 0 Å². The van der Waals surface area contributed by atoms with Crippen LogP contribution in [0.4, 0.5) is 5.69 Å². The predicted octanol–water partition coefficient (Wildman–Crippen LogP) is 4.63. The molecule has 2 aromatic carbocycles. The van der Waals surface area contributed by atoms with Crippen molar-refractivity contribution in [2.45, 2.75) is 19.3 Å². The van der Waals surface area contributed by atoms with Crippen LogP contribution in [-0.2, 0) is 17.6 Å². The Hall–Kier alpha value is -2.40. The molecule has 0 aliphatic carbocycles. The summed E-state index contributed by atoms with van der Waals surface area (Å²) < 4.78 is 6.58. The predicted molar refractivity (Wildman–Crippen MR) is 100 cm³/mol. The maximum atomic E-state index is 12.8. The standard InChI is InChI=1S/C20H17BrN2O2/c21-16-8-9-18-15(11-16)7-4-10-23(18)19(24)12-17-13-25-20(22-17)14-5-2-1-3-6-14/h1-3,5-6,8-9,11,13H,4,7,10,12H2. The Balaban J connectivity index is 1.53. The van der Waals surface area contributed by atoms with Crippen molar-refractivity contribution in [1.29, 1.82) is 0 Å². The number of nitrogens with zero attached hydrogens (tertiary/aromatic N) is 2. The molecular formula is C20H17BrN2O2. The smallest absolute Gasteiger partial charge is 0.233 e. The summed E-state index contributed by atoms with van der Waals surface area (Å²) in [7, 11) is 0. The summed E-state index contributed by atoms with van der Waals surface area (Å²) in [5, 5.41) is 0. The Kier molecular flexibility index (Phi) is 4.40. The molecule has 126 valence electrons. The second-order valence-electron chi connectivity index (χ2n) is 6.11. The van der Waals surface area contributed by atoms with Gasteiger partial charge in [0.15, 0.2) is 0 Å². The average molecular weight is 397 g/mol. The van der Waals surface area contributed by atoms with E-state index in [4.69, 9.17) is 4.42 Å². The van der Waals surface area contributed by atoms with Crippen LogP contribution in [0.3, 0.4) is 0 Å². The van der Waals surface area contributed by atoms with Crippen LogP contribution in [0.15, 0.2) is 63.7 Å². The van der Waals surface area contributed by atoms with E-state index in [1.54, 1.807) is 6.26 Å². The fourth-order valence-corrected chi connectivity index (χ4v) is 3.59. The number of benzene rings is 2. The highest BCUT2D eigenvalue weighted by atomic mass is 79.9. The van der Waals surface area contributed by atoms with Gasteiger partial charge in [-0.1, -0.05) is 34.1 Å². The third kappa shape index (κ3) is 3.37. The van der Waals surface area contributed by atoms with Crippen LogP contribution in [0.1, 0.15) is 17.7 Å². The fourth-order valence-electron chi connectivity index (χ4n) is 3.18. The maximum Gasteiger partial charge on any atom is 0.233 e. The summed E-state index contributed by atoms with van der Waals surface area (Å²) in [4.78, 5) is 19.1. The minimum atomic E-state index is 0.0520. The zero-order chi connectivity index (χ0) is 17.2. The molecule has 3 aromatic rings. The maximum absolute atomic E-state index is 12.8.